The average molecular weight is 489 g/mol. The van der Waals surface area contributed by atoms with Crippen LogP contribution in [0.2, 0.25) is 0 Å². The normalized spacial score (nSPS) is 25.8. The smallest absolute Gasteiger partial charge is 0.229 e. The van der Waals surface area contributed by atoms with E-state index in [4.69, 9.17) is 9.47 Å². The summed E-state index contributed by atoms with van der Waals surface area (Å²) in [5, 5.41) is 51.4. The first kappa shape index (κ1) is 27.3. The number of benzene rings is 2. The van der Waals surface area contributed by atoms with E-state index < -0.39 is 48.0 Å². The van der Waals surface area contributed by atoms with Crippen LogP contribution in [0.1, 0.15) is 49.9 Å². The van der Waals surface area contributed by atoms with Crippen molar-refractivity contribution in [2.24, 2.45) is 5.41 Å². The number of ketones is 1. The van der Waals surface area contributed by atoms with E-state index in [2.05, 4.69) is 6.92 Å². The molecule has 0 amide bonds. The predicted molar refractivity (Wildman–Crippen MR) is 129 cm³/mol. The highest BCUT2D eigenvalue weighted by molar-refractivity contribution is 5.88. The van der Waals surface area contributed by atoms with E-state index in [1.165, 1.54) is 5.56 Å². The molecular weight excluding hydrogens is 452 g/mol. The van der Waals surface area contributed by atoms with Crippen molar-refractivity contribution in [2.75, 3.05) is 0 Å². The van der Waals surface area contributed by atoms with Crippen LogP contribution in [0, 0.1) is 5.41 Å². The van der Waals surface area contributed by atoms with E-state index in [1.807, 2.05) is 24.3 Å². The zero-order valence-electron chi connectivity index (χ0n) is 20.6. The number of ether oxygens (including phenoxy) is 2. The zero-order valence-corrected chi connectivity index (χ0v) is 20.6. The quantitative estimate of drug-likeness (QED) is 0.377. The van der Waals surface area contributed by atoms with E-state index >= 15 is 0 Å². The first-order valence-electron chi connectivity index (χ1n) is 11.8. The van der Waals surface area contributed by atoms with Gasteiger partial charge in [-0.1, -0.05) is 64.1 Å². The molecule has 8 nitrogen and oxygen atoms in total. The van der Waals surface area contributed by atoms with Crippen LogP contribution in [0.25, 0.3) is 0 Å². The number of rotatable bonds is 8. The van der Waals surface area contributed by atoms with E-state index in [0.29, 0.717) is 17.7 Å². The number of hydrogen-bond donors (Lipinski definition) is 5. The Hall–Kier alpha value is -2.33. The molecule has 2 aromatic carbocycles. The Labute approximate surface area is 205 Å². The molecule has 1 aliphatic rings. The van der Waals surface area contributed by atoms with Crippen LogP contribution in [0.4, 0.5) is 0 Å². The lowest BCUT2D eigenvalue weighted by Gasteiger charge is -2.41. The van der Waals surface area contributed by atoms with Crippen LogP contribution in [0.5, 0.6) is 5.75 Å². The fraction of sp³-hybridized carbons (Fsp3) is 0.519. The molecule has 1 unspecified atom stereocenters. The van der Waals surface area contributed by atoms with Gasteiger partial charge in [0.2, 0.25) is 6.29 Å². The van der Waals surface area contributed by atoms with Crippen LogP contribution in [-0.2, 0) is 29.0 Å². The van der Waals surface area contributed by atoms with Crippen LogP contribution >= 0.6 is 0 Å². The van der Waals surface area contributed by atoms with Gasteiger partial charge in [0.1, 0.15) is 30.2 Å². The molecule has 1 heterocycles. The SMILES string of the molecule is CCc1ccc(Cc2ccc(CO)cc2O[C@H]2O[C@H](C(=O)C(O)C(C)(C)C)[C@@H](O)[C@H](O)[C@H]2O)cc1. The van der Waals surface area contributed by atoms with Gasteiger partial charge in [-0.05, 0) is 40.2 Å². The second-order valence-electron chi connectivity index (χ2n) is 10.1. The summed E-state index contributed by atoms with van der Waals surface area (Å²) in [7, 11) is 0. The van der Waals surface area contributed by atoms with Gasteiger partial charge in [-0.25, -0.2) is 0 Å². The third kappa shape index (κ3) is 6.27. The summed E-state index contributed by atoms with van der Waals surface area (Å²) in [5.41, 5.74) is 2.70. The summed E-state index contributed by atoms with van der Waals surface area (Å²) in [5.74, 6) is -0.517. The lowest BCUT2D eigenvalue weighted by atomic mass is 9.82. The number of carbonyl (C=O) groups is 1. The van der Waals surface area contributed by atoms with E-state index in [9.17, 15) is 30.3 Å². The van der Waals surface area contributed by atoms with E-state index in [1.54, 1.807) is 39.0 Å². The summed E-state index contributed by atoms with van der Waals surface area (Å²) >= 11 is 0. The second-order valence-corrected chi connectivity index (χ2v) is 10.1. The Bertz CT molecular complexity index is 997. The van der Waals surface area contributed by atoms with Crippen molar-refractivity contribution in [3.05, 3.63) is 64.7 Å². The van der Waals surface area contributed by atoms with Crippen LogP contribution < -0.4 is 4.74 Å². The highest BCUT2D eigenvalue weighted by Gasteiger charge is 2.50. The van der Waals surface area contributed by atoms with Crippen molar-refractivity contribution in [1.29, 1.82) is 0 Å². The van der Waals surface area contributed by atoms with Crippen LogP contribution in [0.3, 0.4) is 0 Å². The minimum atomic E-state index is -1.74. The van der Waals surface area contributed by atoms with Crippen molar-refractivity contribution in [3.63, 3.8) is 0 Å². The molecule has 0 saturated carbocycles. The Morgan fingerprint density at radius 2 is 1.57 bits per heavy atom. The maximum absolute atomic E-state index is 12.8. The molecule has 8 heteroatoms. The minimum absolute atomic E-state index is 0.240. The van der Waals surface area contributed by atoms with Crippen molar-refractivity contribution in [2.45, 2.75) is 84.0 Å². The van der Waals surface area contributed by atoms with Crippen LogP contribution in [0.15, 0.2) is 42.5 Å². The molecular formula is C27H36O8. The molecule has 0 aromatic heterocycles. The number of Topliss-reactive ketones (excluding diaryl/α,β-unsaturated/α-hetero) is 1. The third-order valence-electron chi connectivity index (χ3n) is 6.32. The number of hydrogen-bond acceptors (Lipinski definition) is 8. The number of aliphatic hydroxyl groups is 5. The van der Waals surface area contributed by atoms with Crippen molar-refractivity contribution >= 4 is 5.78 Å². The Morgan fingerprint density at radius 1 is 0.971 bits per heavy atom. The molecule has 5 N–H and O–H groups in total. The second kappa shape index (κ2) is 11.2. The first-order valence-corrected chi connectivity index (χ1v) is 11.8. The maximum Gasteiger partial charge on any atom is 0.229 e. The topological polar surface area (TPSA) is 137 Å². The largest absolute Gasteiger partial charge is 0.462 e. The van der Waals surface area contributed by atoms with Crippen LogP contribution in [-0.4, -0.2) is 68.1 Å². The van der Waals surface area contributed by atoms with Gasteiger partial charge in [0.25, 0.3) is 0 Å². The Morgan fingerprint density at radius 3 is 2.14 bits per heavy atom. The summed E-state index contributed by atoms with van der Waals surface area (Å²) in [6.45, 7) is 6.81. The van der Waals surface area contributed by atoms with Gasteiger partial charge in [0.15, 0.2) is 11.9 Å². The molecule has 3 rings (SSSR count). The van der Waals surface area contributed by atoms with Gasteiger partial charge in [0.05, 0.1) is 6.61 Å². The maximum atomic E-state index is 12.8. The molecule has 0 radical (unpaired) electrons. The Kier molecular flexibility index (Phi) is 8.69. The van der Waals surface area contributed by atoms with Crippen molar-refractivity contribution in [3.8, 4) is 5.75 Å². The monoisotopic (exact) mass is 488 g/mol. The molecule has 35 heavy (non-hydrogen) atoms. The molecule has 1 aliphatic heterocycles. The summed E-state index contributed by atoms with van der Waals surface area (Å²) in [4.78, 5) is 12.8. The standard InChI is InChI=1S/C27H36O8/c1-5-15-6-8-16(9-7-15)12-18-11-10-17(14-28)13-19(18)34-26-22(31)20(29)21(30)24(35-26)23(32)25(33)27(2,3)4/h6-11,13,20-22,24-26,28-31,33H,5,12,14H2,1-4H3/t20-,21-,22+,24-,25?,26-/m0/s1. The molecule has 1 saturated heterocycles. The number of aryl methyl sites for hydroxylation is 1. The van der Waals surface area contributed by atoms with Gasteiger partial charge < -0.3 is 35.0 Å². The molecule has 2 aromatic rings. The lowest BCUT2D eigenvalue weighted by molar-refractivity contribution is -0.268. The van der Waals surface area contributed by atoms with Gasteiger partial charge >= 0.3 is 0 Å². The van der Waals surface area contributed by atoms with Gasteiger partial charge in [0, 0.05) is 6.42 Å². The van der Waals surface area contributed by atoms with Crippen molar-refractivity contribution in [1.82, 2.24) is 0 Å². The molecule has 192 valence electrons. The predicted octanol–water partition coefficient (Wildman–Crippen LogP) is 1.49. The highest BCUT2D eigenvalue weighted by atomic mass is 16.7. The number of carbonyl (C=O) groups excluding carboxylic acids is 1. The molecule has 0 spiro atoms. The molecule has 0 bridgehead atoms. The fourth-order valence-corrected chi connectivity index (χ4v) is 3.95. The average Bonchev–Trinajstić information content (AvgIpc) is 2.84. The van der Waals surface area contributed by atoms with Gasteiger partial charge in [-0.2, -0.15) is 0 Å². The third-order valence-corrected chi connectivity index (χ3v) is 6.32. The summed E-state index contributed by atoms with van der Waals surface area (Å²) in [6.07, 6.45) is -8.28. The van der Waals surface area contributed by atoms with Gasteiger partial charge in [-0.15, -0.1) is 0 Å². The van der Waals surface area contributed by atoms with Crippen molar-refractivity contribution < 1.29 is 39.8 Å². The fourth-order valence-electron chi connectivity index (χ4n) is 3.95. The zero-order chi connectivity index (χ0) is 25.9. The molecule has 6 atom stereocenters. The highest BCUT2D eigenvalue weighted by Crippen LogP contribution is 2.31. The van der Waals surface area contributed by atoms with Gasteiger partial charge in [-0.3, -0.25) is 4.79 Å². The number of aliphatic hydroxyl groups excluding tert-OH is 5. The first-order chi connectivity index (χ1) is 16.5. The Balaban J connectivity index is 1.88. The van der Waals surface area contributed by atoms with E-state index in [0.717, 1.165) is 17.5 Å². The molecule has 1 fully saturated rings. The molecule has 0 aliphatic carbocycles. The summed E-state index contributed by atoms with van der Waals surface area (Å²) in [6, 6.07) is 13.3. The minimum Gasteiger partial charge on any atom is -0.462 e. The lowest BCUT2D eigenvalue weighted by Crippen LogP contribution is -2.63. The summed E-state index contributed by atoms with van der Waals surface area (Å²) < 4.78 is 11.6. The van der Waals surface area contributed by atoms with E-state index in [-0.39, 0.29) is 6.61 Å².